The molecule has 29 heavy (non-hydrogen) atoms. The number of fused-ring (bicyclic) bond motifs is 1. The molecule has 152 valence electrons. The van der Waals surface area contributed by atoms with Crippen LogP contribution in [0.3, 0.4) is 0 Å². The van der Waals surface area contributed by atoms with Crippen molar-refractivity contribution in [2.45, 2.75) is 32.0 Å². The van der Waals surface area contributed by atoms with E-state index in [9.17, 15) is 23.1 Å². The summed E-state index contributed by atoms with van der Waals surface area (Å²) in [5.74, 6) is 0.257. The molecule has 0 saturated carbocycles. The molecule has 1 N–H and O–H groups in total. The number of anilines is 1. The average molecular weight is 404 g/mol. The summed E-state index contributed by atoms with van der Waals surface area (Å²) in [4.78, 5) is 22.7. The van der Waals surface area contributed by atoms with Gasteiger partial charge in [-0.2, -0.15) is 18.2 Å². The molecule has 1 aliphatic rings. The van der Waals surface area contributed by atoms with Crippen LogP contribution in [-0.2, 0) is 6.18 Å². The van der Waals surface area contributed by atoms with Gasteiger partial charge in [-0.15, -0.1) is 0 Å². The van der Waals surface area contributed by atoms with Gasteiger partial charge in [0.1, 0.15) is 11.5 Å². The molecule has 1 unspecified atom stereocenters. The van der Waals surface area contributed by atoms with Crippen molar-refractivity contribution in [1.82, 2.24) is 14.5 Å². The Kier molecular flexibility index (Phi) is 4.77. The number of para-hydroxylation sites is 1. The number of aliphatic hydroxyl groups excluding tert-OH is 1. The van der Waals surface area contributed by atoms with Crippen molar-refractivity contribution in [3.63, 3.8) is 0 Å². The molecule has 1 fully saturated rings. The van der Waals surface area contributed by atoms with Crippen LogP contribution in [0.1, 0.15) is 24.1 Å². The second-order valence-corrected chi connectivity index (χ2v) is 7.08. The first-order valence-electron chi connectivity index (χ1n) is 9.26. The Labute approximate surface area is 164 Å². The zero-order valence-electron chi connectivity index (χ0n) is 15.6. The summed E-state index contributed by atoms with van der Waals surface area (Å²) in [6.07, 6.45) is -3.14. The van der Waals surface area contributed by atoms with Gasteiger partial charge in [0, 0.05) is 6.54 Å². The Hall–Kier alpha value is -2.94. The van der Waals surface area contributed by atoms with Crippen molar-refractivity contribution in [2.24, 2.45) is 0 Å². The third kappa shape index (κ3) is 3.35. The minimum atomic E-state index is -4.65. The quantitative estimate of drug-likeness (QED) is 0.727. The lowest BCUT2D eigenvalue weighted by atomic mass is 10.2. The fraction of sp³-hybridized carbons (Fsp3) is 0.350. The van der Waals surface area contributed by atoms with Crippen LogP contribution in [0.25, 0.3) is 16.7 Å². The normalized spacial score (nSPS) is 17.3. The predicted molar refractivity (Wildman–Crippen MR) is 102 cm³/mol. The smallest absolute Gasteiger partial charge is 0.394 e. The van der Waals surface area contributed by atoms with Crippen LogP contribution in [0.2, 0.25) is 0 Å². The minimum absolute atomic E-state index is 0.104. The van der Waals surface area contributed by atoms with Crippen LogP contribution in [0.4, 0.5) is 19.0 Å². The molecular formula is C20H19F3N4O2. The predicted octanol–water partition coefficient (Wildman–Crippen LogP) is 3.07. The molecule has 6 nitrogen and oxygen atoms in total. The minimum Gasteiger partial charge on any atom is -0.394 e. The number of hydrogen-bond donors (Lipinski definition) is 1. The first-order chi connectivity index (χ1) is 13.8. The van der Waals surface area contributed by atoms with E-state index in [-0.39, 0.29) is 24.1 Å². The first kappa shape index (κ1) is 19.4. The first-order valence-corrected chi connectivity index (χ1v) is 9.26. The lowest BCUT2D eigenvalue weighted by molar-refractivity contribution is -0.141. The number of pyridine rings is 1. The fourth-order valence-corrected chi connectivity index (χ4v) is 3.80. The molecule has 9 heteroatoms. The number of aryl methyl sites for hydroxylation is 1. The highest BCUT2D eigenvalue weighted by atomic mass is 19.4. The van der Waals surface area contributed by atoms with Crippen molar-refractivity contribution < 1.29 is 18.3 Å². The van der Waals surface area contributed by atoms with Crippen LogP contribution < -0.4 is 10.6 Å². The summed E-state index contributed by atoms with van der Waals surface area (Å²) in [6.45, 7) is 2.19. The molecule has 0 spiro atoms. The van der Waals surface area contributed by atoms with Gasteiger partial charge in [-0.1, -0.05) is 18.2 Å². The summed E-state index contributed by atoms with van der Waals surface area (Å²) >= 11 is 0. The van der Waals surface area contributed by atoms with Gasteiger partial charge in [0.25, 0.3) is 0 Å². The van der Waals surface area contributed by atoms with Crippen LogP contribution in [0, 0.1) is 6.92 Å². The molecule has 1 aliphatic heterocycles. The van der Waals surface area contributed by atoms with Gasteiger partial charge in [0.05, 0.1) is 23.7 Å². The second-order valence-electron chi connectivity index (χ2n) is 7.08. The lowest BCUT2D eigenvalue weighted by Gasteiger charge is -2.26. The fourth-order valence-electron chi connectivity index (χ4n) is 3.80. The highest BCUT2D eigenvalue weighted by Crippen LogP contribution is 2.33. The van der Waals surface area contributed by atoms with Crippen LogP contribution in [0.15, 0.2) is 41.2 Å². The van der Waals surface area contributed by atoms with E-state index in [0.29, 0.717) is 29.6 Å². The van der Waals surface area contributed by atoms with Crippen molar-refractivity contribution >= 4 is 16.9 Å². The van der Waals surface area contributed by atoms with Crippen LogP contribution in [-0.4, -0.2) is 38.8 Å². The van der Waals surface area contributed by atoms with Gasteiger partial charge in [0.2, 0.25) is 0 Å². The maximum Gasteiger partial charge on any atom is 0.433 e. The summed E-state index contributed by atoms with van der Waals surface area (Å²) in [6, 6.07) is 8.84. The van der Waals surface area contributed by atoms with Crippen molar-refractivity contribution in [3.05, 3.63) is 58.1 Å². The molecular weight excluding hydrogens is 385 g/mol. The molecule has 1 aromatic carbocycles. The topological polar surface area (TPSA) is 71.2 Å². The van der Waals surface area contributed by atoms with E-state index < -0.39 is 17.6 Å². The standard InChI is InChI=1S/C20H19F3N4O2/c1-12-5-2-3-7-15(12)27-18-14(8-9-16(24-18)20(21,22)23)17(25-19(27)29)26-10-4-6-13(26)11-28/h2-3,5,7-9,13,28H,4,6,10-11H2,1H3. The van der Waals surface area contributed by atoms with Crippen LogP contribution in [0.5, 0.6) is 0 Å². The molecule has 3 heterocycles. The van der Waals surface area contributed by atoms with Crippen molar-refractivity contribution in [3.8, 4) is 5.69 Å². The number of hydrogen-bond acceptors (Lipinski definition) is 5. The Morgan fingerprint density at radius 2 is 1.93 bits per heavy atom. The van der Waals surface area contributed by atoms with E-state index >= 15 is 0 Å². The molecule has 2 aromatic heterocycles. The molecule has 3 aromatic rings. The van der Waals surface area contributed by atoms with E-state index in [4.69, 9.17) is 0 Å². The van der Waals surface area contributed by atoms with Crippen LogP contribution >= 0.6 is 0 Å². The molecule has 1 saturated heterocycles. The maximum absolute atomic E-state index is 13.3. The van der Waals surface area contributed by atoms with Crippen molar-refractivity contribution in [2.75, 3.05) is 18.1 Å². The molecule has 0 radical (unpaired) electrons. The van der Waals surface area contributed by atoms with Gasteiger partial charge < -0.3 is 10.0 Å². The Balaban J connectivity index is 2.06. The number of rotatable bonds is 3. The monoisotopic (exact) mass is 404 g/mol. The largest absolute Gasteiger partial charge is 0.433 e. The summed E-state index contributed by atoms with van der Waals surface area (Å²) in [7, 11) is 0. The molecule has 0 bridgehead atoms. The number of aliphatic hydroxyl groups is 1. The summed E-state index contributed by atoms with van der Waals surface area (Å²) in [5, 5.41) is 9.98. The Morgan fingerprint density at radius 3 is 2.62 bits per heavy atom. The molecule has 4 rings (SSSR count). The lowest BCUT2D eigenvalue weighted by Crippen LogP contribution is -2.36. The van der Waals surface area contributed by atoms with Gasteiger partial charge >= 0.3 is 11.9 Å². The second kappa shape index (κ2) is 7.14. The Bertz CT molecular complexity index is 1130. The molecule has 0 aliphatic carbocycles. The molecule has 1 atom stereocenters. The highest BCUT2D eigenvalue weighted by Gasteiger charge is 2.34. The van der Waals surface area contributed by atoms with E-state index in [1.807, 2.05) is 0 Å². The number of nitrogens with zero attached hydrogens (tertiary/aromatic N) is 4. The van der Waals surface area contributed by atoms with Gasteiger partial charge in [-0.3, -0.25) is 0 Å². The third-order valence-corrected chi connectivity index (χ3v) is 5.23. The van der Waals surface area contributed by atoms with E-state index in [0.717, 1.165) is 17.1 Å². The van der Waals surface area contributed by atoms with Gasteiger partial charge in [-0.05, 0) is 43.5 Å². The zero-order chi connectivity index (χ0) is 20.8. The van der Waals surface area contributed by atoms with Gasteiger partial charge in [-0.25, -0.2) is 14.3 Å². The SMILES string of the molecule is Cc1ccccc1-n1c(=O)nc(N2CCCC2CO)c2ccc(C(F)(F)F)nc21. The van der Waals surface area contributed by atoms with E-state index in [1.165, 1.54) is 6.07 Å². The molecule has 0 amide bonds. The Morgan fingerprint density at radius 1 is 1.17 bits per heavy atom. The average Bonchev–Trinajstić information content (AvgIpc) is 3.16. The third-order valence-electron chi connectivity index (χ3n) is 5.23. The van der Waals surface area contributed by atoms with Crippen molar-refractivity contribution in [1.29, 1.82) is 0 Å². The summed E-state index contributed by atoms with van der Waals surface area (Å²) < 4.78 is 41.1. The number of halogens is 3. The highest BCUT2D eigenvalue weighted by molar-refractivity contribution is 5.88. The van der Waals surface area contributed by atoms with Gasteiger partial charge in [0.15, 0.2) is 5.65 Å². The van der Waals surface area contributed by atoms with E-state index in [1.54, 1.807) is 36.1 Å². The van der Waals surface area contributed by atoms with E-state index in [2.05, 4.69) is 9.97 Å². The maximum atomic E-state index is 13.3. The zero-order valence-corrected chi connectivity index (χ0v) is 15.6. The number of benzene rings is 1. The number of aromatic nitrogens is 3. The summed E-state index contributed by atoms with van der Waals surface area (Å²) in [5.41, 5.74) is -0.762. The number of alkyl halides is 3.